The van der Waals surface area contributed by atoms with Crippen LogP contribution in [0.2, 0.25) is 0 Å². The van der Waals surface area contributed by atoms with Gasteiger partial charge in [-0.15, -0.1) is 11.3 Å². The van der Waals surface area contributed by atoms with Crippen molar-refractivity contribution in [1.29, 1.82) is 0 Å². The van der Waals surface area contributed by atoms with E-state index in [4.69, 9.17) is 0 Å². The molecule has 2 aromatic heterocycles. The van der Waals surface area contributed by atoms with Crippen molar-refractivity contribution in [3.8, 4) is 11.3 Å². The van der Waals surface area contributed by atoms with Gasteiger partial charge in [-0.05, 0) is 29.1 Å². The van der Waals surface area contributed by atoms with Crippen LogP contribution in [0.25, 0.3) is 11.3 Å². The van der Waals surface area contributed by atoms with Crippen molar-refractivity contribution in [1.82, 2.24) is 4.98 Å². The monoisotopic (exact) mass is 338 g/mol. The first-order chi connectivity index (χ1) is 10.0. The van der Waals surface area contributed by atoms with Crippen LogP contribution in [0.1, 0.15) is 0 Å². The van der Waals surface area contributed by atoms with Gasteiger partial charge in [0.15, 0.2) is 0 Å². The van der Waals surface area contributed by atoms with Gasteiger partial charge in [0.25, 0.3) is 10.0 Å². The first-order valence-corrected chi connectivity index (χ1v) is 9.13. The average molecular weight is 338 g/mol. The van der Waals surface area contributed by atoms with E-state index in [0.29, 0.717) is 5.69 Å². The van der Waals surface area contributed by atoms with Crippen molar-refractivity contribution in [3.05, 3.63) is 56.8 Å². The van der Waals surface area contributed by atoms with E-state index in [-0.39, 0.29) is 9.08 Å². The van der Waals surface area contributed by atoms with E-state index in [1.165, 1.54) is 0 Å². The van der Waals surface area contributed by atoms with E-state index in [9.17, 15) is 13.2 Å². The van der Waals surface area contributed by atoms with Gasteiger partial charge in [-0.2, -0.15) is 0 Å². The molecule has 0 unspecified atom stereocenters. The first kappa shape index (κ1) is 14.1. The van der Waals surface area contributed by atoms with Crippen molar-refractivity contribution in [3.63, 3.8) is 0 Å². The number of thiophene rings is 1. The molecule has 0 radical (unpaired) electrons. The Morgan fingerprint density at radius 3 is 2.38 bits per heavy atom. The molecule has 0 spiro atoms. The van der Waals surface area contributed by atoms with E-state index in [2.05, 4.69) is 9.71 Å². The van der Waals surface area contributed by atoms with Crippen LogP contribution in [-0.4, -0.2) is 13.4 Å². The molecule has 21 heavy (non-hydrogen) atoms. The number of rotatable bonds is 4. The summed E-state index contributed by atoms with van der Waals surface area (Å²) in [6.45, 7) is 0. The van der Waals surface area contributed by atoms with Gasteiger partial charge in [0.2, 0.25) is 0 Å². The maximum absolute atomic E-state index is 12.1. The van der Waals surface area contributed by atoms with Crippen LogP contribution in [0, 0.1) is 0 Å². The molecule has 3 aromatic rings. The molecular weight excluding hydrogens is 328 g/mol. The van der Waals surface area contributed by atoms with Gasteiger partial charge in [0, 0.05) is 11.1 Å². The summed E-state index contributed by atoms with van der Waals surface area (Å²) in [6, 6.07) is 10.1. The van der Waals surface area contributed by atoms with Crippen LogP contribution in [0.5, 0.6) is 0 Å². The number of aromatic nitrogens is 1. The Morgan fingerprint density at radius 1 is 1.05 bits per heavy atom. The normalized spacial score (nSPS) is 11.4. The van der Waals surface area contributed by atoms with Gasteiger partial charge >= 0.3 is 4.87 Å². The molecule has 3 rings (SSSR count). The minimum Gasteiger partial charge on any atom is -0.312 e. The highest BCUT2D eigenvalue weighted by molar-refractivity contribution is 7.94. The van der Waals surface area contributed by atoms with Crippen molar-refractivity contribution in [2.45, 2.75) is 4.21 Å². The molecule has 5 nitrogen and oxygen atoms in total. The van der Waals surface area contributed by atoms with Gasteiger partial charge in [-0.25, -0.2) is 8.42 Å². The lowest BCUT2D eigenvalue weighted by Crippen LogP contribution is -2.11. The fourth-order valence-electron chi connectivity index (χ4n) is 1.76. The molecule has 8 heteroatoms. The van der Waals surface area contributed by atoms with Gasteiger partial charge in [0.1, 0.15) is 4.21 Å². The zero-order valence-corrected chi connectivity index (χ0v) is 13.0. The molecule has 1 aromatic carbocycles. The smallest absolute Gasteiger partial charge is 0.304 e. The van der Waals surface area contributed by atoms with E-state index in [1.54, 1.807) is 47.2 Å². The van der Waals surface area contributed by atoms with Gasteiger partial charge in [0.05, 0.1) is 5.69 Å². The molecule has 0 bridgehead atoms. The number of nitrogens with one attached hydrogen (secondary N) is 2. The highest BCUT2D eigenvalue weighted by Gasteiger charge is 2.14. The number of hydrogen-bond donors (Lipinski definition) is 2. The zero-order valence-electron chi connectivity index (χ0n) is 10.6. The predicted molar refractivity (Wildman–Crippen MR) is 85.5 cm³/mol. The maximum Gasteiger partial charge on any atom is 0.304 e. The minimum atomic E-state index is -3.53. The number of thiazole rings is 1. The summed E-state index contributed by atoms with van der Waals surface area (Å²) in [7, 11) is -3.53. The average Bonchev–Trinajstić information content (AvgIpc) is 3.10. The Bertz CT molecular complexity index is 891. The summed E-state index contributed by atoms with van der Waals surface area (Å²) in [4.78, 5) is 13.7. The molecule has 0 saturated carbocycles. The summed E-state index contributed by atoms with van der Waals surface area (Å²) in [5.41, 5.74) is 2.02. The number of H-pyrrole nitrogens is 1. The Labute approximate surface area is 129 Å². The second-order valence-corrected chi connectivity index (χ2v) is 7.88. The second kappa shape index (κ2) is 5.47. The third-order valence-corrected chi connectivity index (χ3v) is 6.18. The third kappa shape index (κ3) is 3.07. The molecule has 0 aliphatic heterocycles. The molecule has 0 aliphatic rings. The Kier molecular flexibility index (Phi) is 3.66. The van der Waals surface area contributed by atoms with E-state index >= 15 is 0 Å². The minimum absolute atomic E-state index is 0.118. The second-order valence-electron chi connectivity index (χ2n) is 4.18. The molecule has 0 amide bonds. The first-order valence-electron chi connectivity index (χ1n) is 5.89. The van der Waals surface area contributed by atoms with E-state index in [0.717, 1.165) is 33.9 Å². The molecule has 0 fully saturated rings. The Morgan fingerprint density at radius 2 is 1.81 bits per heavy atom. The highest BCUT2D eigenvalue weighted by Crippen LogP contribution is 2.23. The predicted octanol–water partition coefficient (Wildman–Crippen LogP) is 2.97. The number of aromatic amines is 1. The molecule has 108 valence electrons. The maximum atomic E-state index is 12.1. The Balaban J connectivity index is 1.84. The van der Waals surface area contributed by atoms with E-state index < -0.39 is 10.0 Å². The SMILES string of the molecule is O=c1[nH]c(-c2ccc(NS(=O)(=O)c3cccs3)cc2)cs1. The van der Waals surface area contributed by atoms with Crippen LogP contribution in [0.15, 0.2) is 56.2 Å². The summed E-state index contributed by atoms with van der Waals surface area (Å²) >= 11 is 2.25. The molecular formula is C13H10N2O3S3. The highest BCUT2D eigenvalue weighted by atomic mass is 32.2. The number of anilines is 1. The lowest BCUT2D eigenvalue weighted by Gasteiger charge is -2.06. The lowest BCUT2D eigenvalue weighted by atomic mass is 10.2. The van der Waals surface area contributed by atoms with Crippen molar-refractivity contribution >= 4 is 38.4 Å². The van der Waals surface area contributed by atoms with Crippen LogP contribution in [0.4, 0.5) is 5.69 Å². The van der Waals surface area contributed by atoms with Crippen molar-refractivity contribution in [2.24, 2.45) is 0 Å². The van der Waals surface area contributed by atoms with Crippen LogP contribution in [-0.2, 0) is 10.0 Å². The summed E-state index contributed by atoms with van der Waals surface area (Å²) in [5.74, 6) is 0. The van der Waals surface area contributed by atoms with Crippen LogP contribution >= 0.6 is 22.7 Å². The quantitative estimate of drug-likeness (QED) is 0.767. The van der Waals surface area contributed by atoms with Crippen LogP contribution < -0.4 is 9.60 Å². The van der Waals surface area contributed by atoms with Crippen molar-refractivity contribution in [2.75, 3.05) is 4.72 Å². The van der Waals surface area contributed by atoms with Gasteiger partial charge in [-0.1, -0.05) is 29.5 Å². The fourth-order valence-corrected chi connectivity index (χ4v) is 4.40. The standard InChI is InChI=1S/C13H10N2O3S3/c16-13-14-11(8-20-13)9-3-5-10(6-4-9)15-21(17,18)12-2-1-7-19-12/h1-8,15H,(H,14,16). The molecule has 0 atom stereocenters. The van der Waals surface area contributed by atoms with E-state index in [1.807, 2.05) is 0 Å². The fraction of sp³-hybridized carbons (Fsp3) is 0. The van der Waals surface area contributed by atoms with Crippen molar-refractivity contribution < 1.29 is 8.42 Å². The number of benzene rings is 1. The van der Waals surface area contributed by atoms with Gasteiger partial charge in [-0.3, -0.25) is 9.52 Å². The largest absolute Gasteiger partial charge is 0.312 e. The Hall–Kier alpha value is -1.90. The lowest BCUT2D eigenvalue weighted by molar-refractivity contribution is 0.603. The number of hydrogen-bond acceptors (Lipinski definition) is 5. The molecule has 0 aliphatic carbocycles. The molecule has 0 saturated heterocycles. The third-order valence-electron chi connectivity index (χ3n) is 2.73. The molecule has 2 N–H and O–H groups in total. The summed E-state index contributed by atoms with van der Waals surface area (Å²) in [6.07, 6.45) is 0. The number of sulfonamides is 1. The van der Waals surface area contributed by atoms with Crippen LogP contribution in [0.3, 0.4) is 0 Å². The summed E-state index contributed by atoms with van der Waals surface area (Å²) in [5, 5.41) is 3.44. The summed E-state index contributed by atoms with van der Waals surface area (Å²) < 4.78 is 26.9. The molecule has 2 heterocycles. The van der Waals surface area contributed by atoms with Gasteiger partial charge < -0.3 is 4.98 Å². The topological polar surface area (TPSA) is 79.0 Å². The zero-order chi connectivity index (χ0) is 14.9.